The van der Waals surface area contributed by atoms with Crippen LogP contribution >= 0.6 is 23.8 Å². The smallest absolute Gasteiger partial charge is 0.468 e. The first kappa shape index (κ1) is 13.6. The Kier molecular flexibility index (Phi) is 4.42. The molecule has 0 unspecified atom stereocenters. The fourth-order valence-corrected chi connectivity index (χ4v) is 2.18. The van der Waals surface area contributed by atoms with Gasteiger partial charge < -0.3 is 24.8 Å². The van der Waals surface area contributed by atoms with Gasteiger partial charge in [-0.2, -0.15) is 0 Å². The van der Waals surface area contributed by atoms with E-state index in [1.807, 2.05) is 0 Å². The number of hydrogen-bond acceptors (Lipinski definition) is 5. The summed E-state index contributed by atoms with van der Waals surface area (Å²) in [7, 11) is -1.01. The molecule has 0 amide bonds. The average Bonchev–Trinajstić information content (AvgIpc) is 2.73. The van der Waals surface area contributed by atoms with Crippen LogP contribution in [-0.4, -0.2) is 35.6 Å². The molecule has 1 aromatic carbocycles. The normalized spacial score (nSPS) is 13.4. The van der Waals surface area contributed by atoms with Gasteiger partial charge in [-0.3, -0.25) is 0 Å². The van der Waals surface area contributed by atoms with Gasteiger partial charge in [0.15, 0.2) is 0 Å². The van der Waals surface area contributed by atoms with Crippen molar-refractivity contribution in [3.8, 4) is 0 Å². The van der Waals surface area contributed by atoms with Crippen LogP contribution in [0.5, 0.6) is 0 Å². The predicted octanol–water partition coefficient (Wildman–Crippen LogP) is 0.263. The van der Waals surface area contributed by atoms with Gasteiger partial charge in [-0.05, 0) is 23.8 Å². The topological polar surface area (TPSA) is 71.0 Å². The second-order valence-corrected chi connectivity index (χ2v) is 4.40. The summed E-state index contributed by atoms with van der Waals surface area (Å²) in [4.78, 5) is 0. The molecule has 8 heteroatoms. The largest absolute Gasteiger partial charge is 0.493 e. The summed E-state index contributed by atoms with van der Waals surface area (Å²) < 4.78 is 10.1. The highest BCUT2D eigenvalue weighted by Gasteiger charge is 2.31. The number of hydrogen-bond donors (Lipinski definition) is 3. The zero-order valence-corrected chi connectivity index (χ0v) is 10.9. The molecule has 1 aliphatic heterocycles. The number of halogens is 1. The fraction of sp³-hybridized carbons (Fsp3) is 0.300. The van der Waals surface area contributed by atoms with E-state index in [4.69, 9.17) is 38.3 Å². The molecule has 0 aliphatic carbocycles. The van der Waals surface area contributed by atoms with Crippen molar-refractivity contribution in [2.45, 2.75) is 6.61 Å². The van der Waals surface area contributed by atoms with Gasteiger partial charge in [-0.1, -0.05) is 17.7 Å². The maximum atomic E-state index is 9.63. The molecule has 18 heavy (non-hydrogen) atoms. The van der Waals surface area contributed by atoms with Crippen molar-refractivity contribution in [2.24, 2.45) is 0 Å². The van der Waals surface area contributed by atoms with Crippen LogP contribution in [0.1, 0.15) is 5.56 Å². The number of aliphatic hydroxyl groups is 1. The number of ether oxygens (including phenoxy) is 1. The maximum Gasteiger partial charge on any atom is 0.493 e. The van der Waals surface area contributed by atoms with Crippen LogP contribution in [0.15, 0.2) is 12.1 Å². The second-order valence-electron chi connectivity index (χ2n) is 3.65. The first-order valence-electron chi connectivity index (χ1n) is 5.29. The molecule has 0 saturated carbocycles. The minimum atomic E-state index is -1.01. The van der Waals surface area contributed by atoms with Gasteiger partial charge in [0.2, 0.25) is 0 Å². The molecule has 3 N–H and O–H groups in total. The van der Waals surface area contributed by atoms with Crippen LogP contribution in [0.25, 0.3) is 0 Å². The molecule has 1 heterocycles. The third-order valence-electron chi connectivity index (χ3n) is 2.47. The minimum Gasteiger partial charge on any atom is -0.468 e. The van der Waals surface area contributed by atoms with Gasteiger partial charge in [-0.25, -0.2) is 0 Å². The average molecular weight is 288 g/mol. The number of rotatable bonds is 3. The highest BCUT2D eigenvalue weighted by molar-refractivity contribution is 7.80. The molecule has 0 saturated heterocycles. The van der Waals surface area contributed by atoms with Gasteiger partial charge in [0.1, 0.15) is 6.61 Å². The Morgan fingerprint density at radius 3 is 3.11 bits per heavy atom. The number of aliphatic hydroxyl groups excluding tert-OH is 1. The quantitative estimate of drug-likeness (QED) is 0.547. The lowest BCUT2D eigenvalue weighted by molar-refractivity contribution is 0.197. The van der Waals surface area contributed by atoms with E-state index in [2.05, 4.69) is 5.32 Å². The Hall–Kier alpha value is -0.855. The van der Waals surface area contributed by atoms with E-state index in [0.29, 0.717) is 22.8 Å². The standard InChI is InChI=1S/C10H11BClNO4S/c12-9-7(13-10(18)16-4-3-14)2-1-6-5-17-11(15)8(6)9/h1-2,14-15H,3-5H2,(H,13,18). The zero-order chi connectivity index (χ0) is 13.1. The lowest BCUT2D eigenvalue weighted by Crippen LogP contribution is -2.30. The Bertz CT molecular complexity index is 473. The molecule has 0 aromatic heterocycles. The molecular weight excluding hydrogens is 276 g/mol. The fourth-order valence-electron chi connectivity index (χ4n) is 1.66. The Labute approximate surface area is 115 Å². The molecule has 0 spiro atoms. The van der Waals surface area contributed by atoms with Crippen LogP contribution in [0, 0.1) is 0 Å². The molecule has 0 bridgehead atoms. The zero-order valence-electron chi connectivity index (χ0n) is 9.35. The molecule has 96 valence electrons. The second kappa shape index (κ2) is 5.86. The lowest BCUT2D eigenvalue weighted by atomic mass is 9.79. The summed E-state index contributed by atoms with van der Waals surface area (Å²) in [5.41, 5.74) is 1.93. The summed E-state index contributed by atoms with van der Waals surface area (Å²) in [6, 6.07) is 3.53. The van der Waals surface area contributed by atoms with Gasteiger partial charge in [0.05, 0.1) is 23.9 Å². The third kappa shape index (κ3) is 2.76. The van der Waals surface area contributed by atoms with Crippen molar-refractivity contribution in [3.05, 3.63) is 22.7 Å². The molecule has 1 aliphatic rings. The maximum absolute atomic E-state index is 9.63. The van der Waals surface area contributed by atoms with E-state index in [-0.39, 0.29) is 18.4 Å². The van der Waals surface area contributed by atoms with E-state index < -0.39 is 7.12 Å². The van der Waals surface area contributed by atoms with E-state index in [9.17, 15) is 5.02 Å². The Balaban J connectivity index is 2.15. The van der Waals surface area contributed by atoms with Gasteiger partial charge >= 0.3 is 7.12 Å². The number of anilines is 1. The molecule has 0 fully saturated rings. The number of nitrogens with one attached hydrogen (secondary N) is 1. The molecule has 0 atom stereocenters. The first-order chi connectivity index (χ1) is 8.63. The van der Waals surface area contributed by atoms with Gasteiger partial charge in [-0.15, -0.1) is 0 Å². The summed E-state index contributed by atoms with van der Waals surface area (Å²) >= 11 is 11.1. The molecule has 2 rings (SSSR count). The third-order valence-corrected chi connectivity index (χ3v) is 3.10. The predicted molar refractivity (Wildman–Crippen MR) is 73.1 cm³/mol. The van der Waals surface area contributed by atoms with Gasteiger partial charge in [0.25, 0.3) is 5.17 Å². The molecular formula is C10H11BClNO4S. The highest BCUT2D eigenvalue weighted by Crippen LogP contribution is 2.25. The van der Waals surface area contributed by atoms with Crippen LogP contribution in [0.2, 0.25) is 5.02 Å². The van der Waals surface area contributed by atoms with Crippen molar-refractivity contribution >= 4 is 47.3 Å². The van der Waals surface area contributed by atoms with E-state index in [0.717, 1.165) is 5.56 Å². The number of thiocarbonyl (C=S) groups is 1. The van der Waals surface area contributed by atoms with E-state index in [1.54, 1.807) is 12.1 Å². The van der Waals surface area contributed by atoms with Crippen LogP contribution in [0.4, 0.5) is 5.69 Å². The van der Waals surface area contributed by atoms with E-state index >= 15 is 0 Å². The van der Waals surface area contributed by atoms with Crippen molar-refractivity contribution in [1.82, 2.24) is 0 Å². The summed E-state index contributed by atoms with van der Waals surface area (Å²) in [5, 5.41) is 21.5. The lowest BCUT2D eigenvalue weighted by Gasteiger charge is -2.12. The van der Waals surface area contributed by atoms with Crippen molar-refractivity contribution in [1.29, 1.82) is 0 Å². The highest BCUT2D eigenvalue weighted by atomic mass is 35.5. The summed E-state index contributed by atoms with van der Waals surface area (Å²) in [6.07, 6.45) is 0. The molecule has 1 aromatic rings. The Morgan fingerprint density at radius 1 is 1.61 bits per heavy atom. The minimum absolute atomic E-state index is 0.110. The van der Waals surface area contributed by atoms with Gasteiger partial charge in [0, 0.05) is 5.46 Å². The SMILES string of the molecule is OCCOC(=S)Nc1ccc2c(c1Cl)B(O)OC2. The van der Waals surface area contributed by atoms with Crippen molar-refractivity contribution in [3.63, 3.8) is 0 Å². The monoisotopic (exact) mass is 287 g/mol. The molecule has 5 nitrogen and oxygen atoms in total. The first-order valence-corrected chi connectivity index (χ1v) is 6.07. The number of fused-ring (bicyclic) bond motifs is 1. The molecule has 0 radical (unpaired) electrons. The summed E-state index contributed by atoms with van der Waals surface area (Å²) in [5.74, 6) is 0. The van der Waals surface area contributed by atoms with Crippen molar-refractivity contribution < 1.29 is 19.5 Å². The van der Waals surface area contributed by atoms with Crippen LogP contribution in [0.3, 0.4) is 0 Å². The Morgan fingerprint density at radius 2 is 2.39 bits per heavy atom. The van der Waals surface area contributed by atoms with Crippen LogP contribution in [-0.2, 0) is 16.0 Å². The number of benzene rings is 1. The summed E-state index contributed by atoms with van der Waals surface area (Å²) in [6.45, 7) is 0.328. The van der Waals surface area contributed by atoms with E-state index in [1.165, 1.54) is 0 Å². The van der Waals surface area contributed by atoms with Crippen LogP contribution < -0.4 is 10.8 Å². The van der Waals surface area contributed by atoms with Crippen molar-refractivity contribution in [2.75, 3.05) is 18.5 Å².